The van der Waals surface area contributed by atoms with Gasteiger partial charge >= 0.3 is 12.4 Å². The third-order valence-electron chi connectivity index (χ3n) is 10.4. The number of hydrogen-bond acceptors (Lipinski definition) is 7. The first-order valence-electron chi connectivity index (χ1n) is 17.3. The van der Waals surface area contributed by atoms with Gasteiger partial charge in [-0.1, -0.05) is 6.07 Å². The Morgan fingerprint density at radius 1 is 0.961 bits per heavy atom. The number of alkyl halides is 6. The highest BCUT2D eigenvalue weighted by Crippen LogP contribution is 2.41. The molecule has 2 aromatic rings. The van der Waals surface area contributed by atoms with Crippen molar-refractivity contribution in [1.29, 1.82) is 0 Å². The number of rotatable bonds is 10. The molecule has 0 N–H and O–H groups in total. The largest absolute Gasteiger partial charge is 0.417 e. The van der Waals surface area contributed by atoms with Crippen molar-refractivity contribution in [3.8, 4) is 11.3 Å². The van der Waals surface area contributed by atoms with Gasteiger partial charge in [0.2, 0.25) is 21.8 Å². The number of piperidine rings is 1. The monoisotopic (exact) mass is 764 g/mol. The summed E-state index contributed by atoms with van der Waals surface area (Å²) in [5.74, 6) is -1.27. The van der Waals surface area contributed by atoms with Crippen LogP contribution < -0.4 is 0 Å². The Labute approximate surface area is 297 Å². The molecule has 5 heterocycles. The van der Waals surface area contributed by atoms with Crippen molar-refractivity contribution in [2.24, 2.45) is 0 Å². The molecule has 3 fully saturated rings. The van der Waals surface area contributed by atoms with Gasteiger partial charge < -0.3 is 14.7 Å². The predicted molar refractivity (Wildman–Crippen MR) is 178 cm³/mol. The Morgan fingerprint density at radius 2 is 1.71 bits per heavy atom. The van der Waals surface area contributed by atoms with E-state index in [0.717, 1.165) is 69.9 Å². The van der Waals surface area contributed by atoms with Crippen LogP contribution in [0.4, 0.5) is 26.3 Å². The van der Waals surface area contributed by atoms with Gasteiger partial charge in [0.15, 0.2) is 0 Å². The number of nitrogens with zero attached hydrogens (tertiary/aromatic N) is 6. The van der Waals surface area contributed by atoms with Crippen LogP contribution in [0.25, 0.3) is 11.3 Å². The number of sulfonamides is 1. The lowest BCUT2D eigenvalue weighted by Gasteiger charge is -2.36. The molecule has 6 rings (SSSR count). The summed E-state index contributed by atoms with van der Waals surface area (Å²) in [4.78, 5) is 29.7. The lowest BCUT2D eigenvalue weighted by molar-refractivity contribution is -0.181. The van der Waals surface area contributed by atoms with E-state index < -0.39 is 45.6 Å². The Bertz CT molecular complexity index is 1720. The number of amides is 2. The molecule has 0 aliphatic carbocycles. The molecule has 51 heavy (non-hydrogen) atoms. The smallest absolute Gasteiger partial charge is 0.340 e. The van der Waals surface area contributed by atoms with Crippen LogP contribution in [0.2, 0.25) is 0 Å². The number of halogens is 6. The summed E-state index contributed by atoms with van der Waals surface area (Å²) in [5, 5.41) is 4.80. The lowest BCUT2D eigenvalue weighted by Crippen LogP contribution is -2.45. The Balaban J connectivity index is 1.21. The van der Waals surface area contributed by atoms with E-state index in [1.54, 1.807) is 4.68 Å². The number of carbonyl (C=O) groups excluding carboxylic acids is 2. The summed E-state index contributed by atoms with van der Waals surface area (Å²) in [6, 6.07) is 1.69. The van der Waals surface area contributed by atoms with Crippen LogP contribution in [-0.4, -0.2) is 119 Å². The second-order valence-electron chi connectivity index (χ2n) is 13.7. The maximum atomic E-state index is 14.1. The van der Waals surface area contributed by atoms with Gasteiger partial charge in [-0.25, -0.2) is 8.42 Å². The number of aromatic nitrogens is 2. The van der Waals surface area contributed by atoms with Gasteiger partial charge in [-0.05, 0) is 57.2 Å². The normalized spacial score (nSPS) is 21.5. The van der Waals surface area contributed by atoms with Crippen molar-refractivity contribution in [3.05, 3.63) is 35.0 Å². The molecule has 1 atom stereocenters. The third kappa shape index (κ3) is 8.54. The molecule has 1 aromatic heterocycles. The predicted octanol–water partition coefficient (Wildman–Crippen LogP) is 5.01. The summed E-state index contributed by atoms with van der Waals surface area (Å²) in [6.07, 6.45) is -3.98. The number of likely N-dealkylation sites (tertiary alicyclic amines) is 3. The second-order valence-corrected chi connectivity index (χ2v) is 16.7. The van der Waals surface area contributed by atoms with Crippen molar-refractivity contribution in [2.45, 2.75) is 93.8 Å². The molecule has 3 saturated heterocycles. The lowest BCUT2D eigenvalue weighted by atomic mass is 10.0. The minimum Gasteiger partial charge on any atom is -0.340 e. The van der Waals surface area contributed by atoms with Crippen molar-refractivity contribution in [3.63, 3.8) is 0 Å². The van der Waals surface area contributed by atoms with Crippen LogP contribution in [0.3, 0.4) is 0 Å². The standard InChI is InChI=1S/C33H42F6N6O4S2/c1-51(48,49)42-18-11-26-24(20-42)31(40-45(26)15-4-12-41-16-9-23(10-17-41)43-13-3-6-29(43)46)22-7-8-25(32(34,35)36)27(19-22)50-21-30(47)44-14-2-5-28(44)33(37,38)39/h7-8,19,23,28H,2-6,9-18,20-21H2,1H3/t28-/m0/s1. The number of fused-ring (bicyclic) bond motifs is 1. The van der Waals surface area contributed by atoms with Crippen LogP contribution in [0.1, 0.15) is 61.8 Å². The topological polar surface area (TPSA) is 99.1 Å². The first kappa shape index (κ1) is 37.9. The molecular formula is C33H42F6N6O4S2. The molecule has 4 aliphatic rings. The van der Waals surface area contributed by atoms with Crippen LogP contribution >= 0.6 is 11.8 Å². The molecule has 0 bridgehead atoms. The molecule has 4 aliphatic heterocycles. The van der Waals surface area contributed by atoms with Crippen LogP contribution in [0.5, 0.6) is 0 Å². The zero-order chi connectivity index (χ0) is 36.7. The molecule has 0 radical (unpaired) electrons. The highest BCUT2D eigenvalue weighted by molar-refractivity contribution is 8.00. The van der Waals surface area contributed by atoms with Crippen molar-refractivity contribution < 1.29 is 44.3 Å². The summed E-state index contributed by atoms with van der Waals surface area (Å²) in [5.41, 5.74) is 0.971. The molecule has 0 unspecified atom stereocenters. The van der Waals surface area contributed by atoms with Gasteiger partial charge in [-0.15, -0.1) is 11.8 Å². The van der Waals surface area contributed by atoms with Gasteiger partial charge in [0.25, 0.3) is 0 Å². The number of hydrogen-bond donors (Lipinski definition) is 0. The fourth-order valence-corrected chi connectivity index (χ4v) is 9.55. The molecule has 18 heteroatoms. The average Bonchev–Trinajstić information content (AvgIpc) is 3.82. The SMILES string of the molecule is CS(=O)(=O)N1CCc2c(c(-c3ccc(C(F)(F)F)c(SCC(=O)N4CCC[C@H]4C(F)(F)F)c3)nn2CCCN2CCC(N3CCCC3=O)CC2)C1. The van der Waals surface area contributed by atoms with E-state index in [0.29, 0.717) is 47.3 Å². The quantitative estimate of drug-likeness (QED) is 0.248. The third-order valence-corrected chi connectivity index (χ3v) is 12.7. The average molecular weight is 765 g/mol. The summed E-state index contributed by atoms with van der Waals surface area (Å²) in [6.45, 7) is 3.93. The number of thioether (sulfide) groups is 1. The maximum Gasteiger partial charge on any atom is 0.417 e. The number of aryl methyl sites for hydroxylation is 1. The van der Waals surface area contributed by atoms with E-state index in [-0.39, 0.29) is 54.9 Å². The molecular weight excluding hydrogens is 723 g/mol. The van der Waals surface area contributed by atoms with E-state index in [1.807, 2.05) is 4.90 Å². The highest BCUT2D eigenvalue weighted by Gasteiger charge is 2.47. The molecule has 10 nitrogen and oxygen atoms in total. The molecule has 1 aromatic carbocycles. The minimum atomic E-state index is -4.80. The molecule has 0 saturated carbocycles. The number of carbonyl (C=O) groups is 2. The molecule has 282 valence electrons. The van der Waals surface area contributed by atoms with E-state index in [9.17, 15) is 44.3 Å². The fraction of sp³-hybridized carbons (Fsp3) is 0.667. The van der Waals surface area contributed by atoms with Crippen molar-refractivity contribution in [2.75, 3.05) is 51.3 Å². The molecule has 0 spiro atoms. The zero-order valence-corrected chi connectivity index (χ0v) is 29.9. The zero-order valence-electron chi connectivity index (χ0n) is 28.3. The van der Waals surface area contributed by atoms with E-state index >= 15 is 0 Å². The van der Waals surface area contributed by atoms with Crippen molar-refractivity contribution in [1.82, 2.24) is 28.8 Å². The first-order chi connectivity index (χ1) is 24.0. The Hall–Kier alpha value is -2.83. The van der Waals surface area contributed by atoms with Gasteiger partial charge in [0.1, 0.15) is 6.04 Å². The van der Waals surface area contributed by atoms with Gasteiger partial charge in [0.05, 0.1) is 23.3 Å². The number of benzene rings is 1. The summed E-state index contributed by atoms with van der Waals surface area (Å²) in [7, 11) is -3.59. The maximum absolute atomic E-state index is 14.1. The van der Waals surface area contributed by atoms with E-state index in [1.165, 1.54) is 16.4 Å². The fourth-order valence-electron chi connectivity index (χ4n) is 7.77. The van der Waals surface area contributed by atoms with Gasteiger partial charge in [0, 0.05) is 86.4 Å². The summed E-state index contributed by atoms with van der Waals surface area (Å²) >= 11 is 0.531. The van der Waals surface area contributed by atoms with Crippen molar-refractivity contribution >= 4 is 33.6 Å². The minimum absolute atomic E-state index is 0.0119. The van der Waals surface area contributed by atoms with Gasteiger partial charge in [-0.2, -0.15) is 35.7 Å². The van der Waals surface area contributed by atoms with E-state index in [2.05, 4.69) is 4.90 Å². The van der Waals surface area contributed by atoms with Gasteiger partial charge in [-0.3, -0.25) is 14.3 Å². The van der Waals surface area contributed by atoms with Crippen LogP contribution in [0.15, 0.2) is 23.1 Å². The first-order valence-corrected chi connectivity index (χ1v) is 20.1. The van der Waals surface area contributed by atoms with Crippen LogP contribution in [0, 0.1) is 0 Å². The Kier molecular flexibility index (Phi) is 11.1. The Morgan fingerprint density at radius 3 is 2.35 bits per heavy atom. The highest BCUT2D eigenvalue weighted by atomic mass is 32.2. The summed E-state index contributed by atoms with van der Waals surface area (Å²) < 4.78 is 111. The van der Waals surface area contributed by atoms with Crippen LogP contribution in [-0.2, 0) is 45.3 Å². The molecule has 2 amide bonds. The second kappa shape index (κ2) is 14.9. The van der Waals surface area contributed by atoms with E-state index in [4.69, 9.17) is 5.10 Å².